The standard InChI is InChI=1S/C14H18BrNO2/c1-16(9-11-5-3-4-6-12(11)15)13(10-7-8-10)14(17)18-2/h3-6,10,13H,7-9H2,1-2H3. The number of benzene rings is 1. The van der Waals surface area contributed by atoms with Crippen molar-refractivity contribution in [1.29, 1.82) is 0 Å². The number of esters is 1. The van der Waals surface area contributed by atoms with Gasteiger partial charge >= 0.3 is 5.97 Å². The molecule has 98 valence electrons. The van der Waals surface area contributed by atoms with Gasteiger partial charge < -0.3 is 4.74 Å². The van der Waals surface area contributed by atoms with Gasteiger partial charge in [-0.1, -0.05) is 34.1 Å². The van der Waals surface area contributed by atoms with E-state index in [2.05, 4.69) is 26.9 Å². The molecule has 0 heterocycles. The zero-order valence-corrected chi connectivity index (χ0v) is 12.3. The lowest BCUT2D eigenvalue weighted by Crippen LogP contribution is -2.40. The molecular weight excluding hydrogens is 294 g/mol. The molecule has 1 aromatic rings. The van der Waals surface area contributed by atoms with Gasteiger partial charge in [0.2, 0.25) is 0 Å². The largest absolute Gasteiger partial charge is 0.468 e. The summed E-state index contributed by atoms with van der Waals surface area (Å²) in [5.74, 6) is 0.344. The van der Waals surface area contributed by atoms with E-state index in [0.29, 0.717) is 5.92 Å². The number of rotatable bonds is 5. The van der Waals surface area contributed by atoms with Crippen LogP contribution in [0.15, 0.2) is 28.7 Å². The minimum Gasteiger partial charge on any atom is -0.468 e. The number of likely N-dealkylation sites (N-methyl/N-ethyl adjacent to an activating group) is 1. The van der Waals surface area contributed by atoms with Gasteiger partial charge in [-0.3, -0.25) is 9.69 Å². The second-order valence-corrected chi connectivity index (χ2v) is 5.67. The zero-order valence-electron chi connectivity index (χ0n) is 10.7. The second kappa shape index (κ2) is 5.85. The number of hydrogen-bond donors (Lipinski definition) is 0. The zero-order chi connectivity index (χ0) is 13.1. The van der Waals surface area contributed by atoms with Crippen LogP contribution in [0, 0.1) is 5.92 Å². The third kappa shape index (κ3) is 3.12. The maximum atomic E-state index is 11.8. The van der Waals surface area contributed by atoms with E-state index in [1.165, 1.54) is 12.7 Å². The maximum absolute atomic E-state index is 11.8. The van der Waals surface area contributed by atoms with E-state index >= 15 is 0 Å². The van der Waals surface area contributed by atoms with E-state index in [4.69, 9.17) is 4.74 Å². The number of nitrogens with zero attached hydrogens (tertiary/aromatic N) is 1. The number of halogens is 1. The molecule has 0 N–H and O–H groups in total. The van der Waals surface area contributed by atoms with Crippen LogP contribution in [0.4, 0.5) is 0 Å². The Morgan fingerprint density at radius 1 is 1.50 bits per heavy atom. The quantitative estimate of drug-likeness (QED) is 0.783. The highest BCUT2D eigenvalue weighted by Gasteiger charge is 2.39. The summed E-state index contributed by atoms with van der Waals surface area (Å²) in [4.78, 5) is 13.9. The molecule has 1 aliphatic rings. The molecule has 1 aromatic carbocycles. The van der Waals surface area contributed by atoms with Gasteiger partial charge in [0.1, 0.15) is 6.04 Å². The summed E-state index contributed by atoms with van der Waals surface area (Å²) >= 11 is 3.54. The molecule has 0 radical (unpaired) electrons. The van der Waals surface area contributed by atoms with Crippen LogP contribution in [0.25, 0.3) is 0 Å². The molecule has 0 amide bonds. The molecule has 2 rings (SSSR count). The molecule has 0 spiro atoms. The molecule has 18 heavy (non-hydrogen) atoms. The molecule has 1 fully saturated rings. The molecule has 1 unspecified atom stereocenters. The lowest BCUT2D eigenvalue weighted by molar-refractivity contribution is -0.147. The maximum Gasteiger partial charge on any atom is 0.323 e. The van der Waals surface area contributed by atoms with Crippen LogP contribution >= 0.6 is 15.9 Å². The number of methoxy groups -OCH3 is 1. The summed E-state index contributed by atoms with van der Waals surface area (Å²) in [6.07, 6.45) is 2.25. The normalized spacial score (nSPS) is 16.7. The monoisotopic (exact) mass is 311 g/mol. The third-order valence-corrected chi connectivity index (χ3v) is 4.14. The summed E-state index contributed by atoms with van der Waals surface area (Å²) in [7, 11) is 3.45. The van der Waals surface area contributed by atoms with E-state index in [9.17, 15) is 4.79 Å². The Morgan fingerprint density at radius 2 is 2.17 bits per heavy atom. The van der Waals surface area contributed by atoms with Gasteiger partial charge in [-0.2, -0.15) is 0 Å². The highest BCUT2D eigenvalue weighted by Crippen LogP contribution is 2.36. The van der Waals surface area contributed by atoms with Gasteiger partial charge in [-0.15, -0.1) is 0 Å². The van der Waals surface area contributed by atoms with E-state index in [1.807, 2.05) is 25.2 Å². The van der Waals surface area contributed by atoms with Gasteiger partial charge in [0.25, 0.3) is 0 Å². The number of ether oxygens (including phenoxy) is 1. The van der Waals surface area contributed by atoms with Gasteiger partial charge in [0, 0.05) is 11.0 Å². The van der Waals surface area contributed by atoms with Crippen LogP contribution in [0.5, 0.6) is 0 Å². The summed E-state index contributed by atoms with van der Waals surface area (Å²) in [6.45, 7) is 0.748. The molecular formula is C14H18BrNO2. The summed E-state index contributed by atoms with van der Waals surface area (Å²) in [5, 5.41) is 0. The van der Waals surface area contributed by atoms with Crippen LogP contribution in [0.3, 0.4) is 0 Å². The van der Waals surface area contributed by atoms with Gasteiger partial charge in [0.05, 0.1) is 7.11 Å². The fourth-order valence-corrected chi connectivity index (χ4v) is 2.67. The van der Waals surface area contributed by atoms with Crippen LogP contribution < -0.4 is 0 Å². The predicted octanol–water partition coefficient (Wildman–Crippen LogP) is 2.83. The smallest absolute Gasteiger partial charge is 0.323 e. The molecule has 0 aromatic heterocycles. The van der Waals surface area contributed by atoms with Crippen molar-refractivity contribution in [3.8, 4) is 0 Å². The van der Waals surface area contributed by atoms with Crippen molar-refractivity contribution in [3.63, 3.8) is 0 Å². The van der Waals surface area contributed by atoms with E-state index in [0.717, 1.165) is 23.9 Å². The summed E-state index contributed by atoms with van der Waals surface area (Å²) < 4.78 is 5.99. The minimum absolute atomic E-state index is 0.109. The Balaban J connectivity index is 2.07. The molecule has 1 atom stereocenters. The lowest BCUT2D eigenvalue weighted by Gasteiger charge is -2.26. The molecule has 1 aliphatic carbocycles. The Labute approximate surface area is 116 Å². The number of hydrogen-bond acceptors (Lipinski definition) is 3. The van der Waals surface area contributed by atoms with Crippen LogP contribution in [-0.2, 0) is 16.1 Å². The fraction of sp³-hybridized carbons (Fsp3) is 0.500. The van der Waals surface area contributed by atoms with Crippen LogP contribution in [-0.4, -0.2) is 31.1 Å². The lowest BCUT2D eigenvalue weighted by atomic mass is 10.1. The number of carbonyl (C=O) groups is 1. The predicted molar refractivity (Wildman–Crippen MR) is 74.1 cm³/mol. The molecule has 0 saturated heterocycles. The molecule has 3 nitrogen and oxygen atoms in total. The van der Waals surface area contributed by atoms with Crippen molar-refractivity contribution in [2.45, 2.75) is 25.4 Å². The van der Waals surface area contributed by atoms with Crippen molar-refractivity contribution in [3.05, 3.63) is 34.3 Å². The number of carbonyl (C=O) groups excluding carboxylic acids is 1. The van der Waals surface area contributed by atoms with Gasteiger partial charge in [-0.05, 0) is 37.4 Å². The first kappa shape index (κ1) is 13.6. The summed E-state index contributed by atoms with van der Waals surface area (Å²) in [5.41, 5.74) is 1.19. The first-order valence-corrected chi connectivity index (χ1v) is 6.94. The van der Waals surface area contributed by atoms with E-state index in [-0.39, 0.29) is 12.0 Å². The van der Waals surface area contributed by atoms with Crippen molar-refractivity contribution in [1.82, 2.24) is 4.90 Å². The van der Waals surface area contributed by atoms with Crippen molar-refractivity contribution < 1.29 is 9.53 Å². The molecule has 4 heteroatoms. The van der Waals surface area contributed by atoms with Crippen molar-refractivity contribution >= 4 is 21.9 Å². The first-order chi connectivity index (χ1) is 8.63. The Kier molecular flexibility index (Phi) is 4.40. The minimum atomic E-state index is -0.118. The molecule has 0 bridgehead atoms. The SMILES string of the molecule is COC(=O)C(C1CC1)N(C)Cc1ccccc1Br. The second-order valence-electron chi connectivity index (χ2n) is 4.81. The third-order valence-electron chi connectivity index (χ3n) is 3.36. The topological polar surface area (TPSA) is 29.5 Å². The Morgan fingerprint density at radius 3 is 2.72 bits per heavy atom. The van der Waals surface area contributed by atoms with E-state index < -0.39 is 0 Å². The average Bonchev–Trinajstić information content (AvgIpc) is 3.16. The molecule has 1 saturated carbocycles. The first-order valence-electron chi connectivity index (χ1n) is 6.15. The van der Waals surface area contributed by atoms with Gasteiger partial charge in [0.15, 0.2) is 0 Å². The Bertz CT molecular complexity index is 432. The van der Waals surface area contributed by atoms with Crippen LogP contribution in [0.1, 0.15) is 18.4 Å². The highest BCUT2D eigenvalue weighted by atomic mass is 79.9. The molecule has 0 aliphatic heterocycles. The van der Waals surface area contributed by atoms with Crippen LogP contribution in [0.2, 0.25) is 0 Å². The summed E-state index contributed by atoms with van der Waals surface area (Å²) in [6, 6.07) is 7.99. The van der Waals surface area contributed by atoms with Crippen molar-refractivity contribution in [2.75, 3.05) is 14.2 Å². The van der Waals surface area contributed by atoms with Crippen molar-refractivity contribution in [2.24, 2.45) is 5.92 Å². The fourth-order valence-electron chi connectivity index (χ4n) is 2.26. The highest BCUT2D eigenvalue weighted by molar-refractivity contribution is 9.10. The van der Waals surface area contributed by atoms with Gasteiger partial charge in [-0.25, -0.2) is 0 Å². The Hall–Kier alpha value is -0.870. The average molecular weight is 312 g/mol. The van der Waals surface area contributed by atoms with E-state index in [1.54, 1.807) is 0 Å².